The molecule has 1 aliphatic rings. The van der Waals surface area contributed by atoms with Gasteiger partial charge in [-0.2, -0.15) is 13.2 Å². The smallest absolute Gasteiger partial charge is 0.386 e. The molecule has 43 heavy (non-hydrogen) atoms. The Morgan fingerprint density at radius 1 is 1.07 bits per heavy atom. The molecule has 1 aliphatic heterocycles. The van der Waals surface area contributed by atoms with Gasteiger partial charge in [0.15, 0.2) is 5.96 Å². The van der Waals surface area contributed by atoms with E-state index in [0.29, 0.717) is 11.1 Å². The van der Waals surface area contributed by atoms with E-state index < -0.39 is 48.4 Å². The Labute approximate surface area is 244 Å². The van der Waals surface area contributed by atoms with Crippen molar-refractivity contribution >= 4 is 41.3 Å². The molecule has 12 nitrogen and oxygen atoms in total. The van der Waals surface area contributed by atoms with E-state index in [9.17, 15) is 37.1 Å². The van der Waals surface area contributed by atoms with Crippen LogP contribution in [0.2, 0.25) is 0 Å². The molecule has 5 N–H and O–H groups in total. The molecule has 0 saturated carbocycles. The minimum Gasteiger partial charge on any atom is -0.386 e. The Bertz CT molecular complexity index is 1400. The number of likely N-dealkylation sites (N-methyl/N-ethyl adjacent to an activating group) is 1. The maximum Gasteiger partial charge on any atom is 0.491 e. The molecular formula is C28H31F3N6O6. The van der Waals surface area contributed by atoms with Crippen molar-refractivity contribution in [3.05, 3.63) is 65.2 Å². The van der Waals surface area contributed by atoms with Crippen molar-refractivity contribution in [2.24, 2.45) is 5.73 Å². The number of fused-ring (bicyclic) bond motifs is 1. The van der Waals surface area contributed by atoms with Crippen LogP contribution in [-0.4, -0.2) is 72.9 Å². The monoisotopic (exact) mass is 604 g/mol. The molecule has 3 amide bonds. The van der Waals surface area contributed by atoms with Gasteiger partial charge in [-0.05, 0) is 36.6 Å². The molecule has 0 aromatic heterocycles. The number of nitrogens with two attached hydrogens (primary N) is 1. The van der Waals surface area contributed by atoms with Gasteiger partial charge in [0.1, 0.15) is 6.04 Å². The number of carbonyl (C=O) groups is 5. The molecule has 0 fully saturated rings. The lowest BCUT2D eigenvalue weighted by atomic mass is 10.00. The first-order valence-electron chi connectivity index (χ1n) is 13.1. The fourth-order valence-electron chi connectivity index (χ4n) is 4.56. The highest BCUT2D eigenvalue weighted by Gasteiger charge is 2.44. The summed E-state index contributed by atoms with van der Waals surface area (Å²) in [4.78, 5) is 65.9. The summed E-state index contributed by atoms with van der Waals surface area (Å²) in [5.41, 5.74) is 6.50. The van der Waals surface area contributed by atoms with Crippen LogP contribution in [-0.2, 0) is 30.3 Å². The van der Waals surface area contributed by atoms with Crippen LogP contribution in [0.3, 0.4) is 0 Å². The molecule has 230 valence electrons. The first-order valence-corrected chi connectivity index (χ1v) is 13.1. The number of esters is 2. The quantitative estimate of drug-likeness (QED) is 0.104. The number of hydrogen-bond donors (Lipinski definition) is 4. The SMILES string of the molecule is CC(CC(=O)OC(=O)C(F)(F)F)N1C(=O)c2cc(CCC(=O)NCCNC(=N)N)ccc2N(C)C(=O)C1c1ccccc1. The highest BCUT2D eigenvalue weighted by molar-refractivity contribution is 6.11. The largest absolute Gasteiger partial charge is 0.491 e. The Hall–Kier alpha value is -4.95. The van der Waals surface area contributed by atoms with Gasteiger partial charge in [-0.3, -0.25) is 24.6 Å². The third-order valence-electron chi connectivity index (χ3n) is 6.62. The summed E-state index contributed by atoms with van der Waals surface area (Å²) in [5.74, 6) is -5.95. The van der Waals surface area contributed by atoms with Crippen LogP contribution in [0, 0.1) is 5.41 Å². The molecule has 2 aromatic rings. The third-order valence-corrected chi connectivity index (χ3v) is 6.62. The molecule has 1 heterocycles. The third kappa shape index (κ3) is 8.30. The Morgan fingerprint density at radius 3 is 2.35 bits per heavy atom. The average molecular weight is 605 g/mol. The first-order chi connectivity index (χ1) is 20.2. The summed E-state index contributed by atoms with van der Waals surface area (Å²) < 4.78 is 41.8. The van der Waals surface area contributed by atoms with Crippen LogP contribution in [0.5, 0.6) is 0 Å². The number of amides is 3. The summed E-state index contributed by atoms with van der Waals surface area (Å²) in [6, 6.07) is 10.5. The fraction of sp³-hybridized carbons (Fsp3) is 0.357. The van der Waals surface area contributed by atoms with E-state index in [4.69, 9.17) is 11.1 Å². The molecule has 0 spiro atoms. The Balaban J connectivity index is 1.90. The summed E-state index contributed by atoms with van der Waals surface area (Å²) >= 11 is 0. The number of ether oxygens (including phenoxy) is 1. The molecule has 0 radical (unpaired) electrons. The van der Waals surface area contributed by atoms with E-state index in [1.54, 1.807) is 42.5 Å². The van der Waals surface area contributed by atoms with Crippen molar-refractivity contribution in [2.75, 3.05) is 25.0 Å². The topological polar surface area (TPSA) is 175 Å². The number of anilines is 1. The first kappa shape index (κ1) is 32.6. The zero-order valence-electron chi connectivity index (χ0n) is 23.4. The summed E-state index contributed by atoms with van der Waals surface area (Å²) in [7, 11) is 1.47. The van der Waals surface area contributed by atoms with Gasteiger partial charge in [0.25, 0.3) is 11.8 Å². The number of nitrogens with zero attached hydrogens (tertiary/aromatic N) is 2. The standard InChI is InChI=1S/C28H31F3N6O6/c1-16(14-22(39)43-26(42)28(29,30)31)37-23(18-6-4-3-5-7-18)25(41)36(2)20-10-8-17(15-19(20)24(37)40)9-11-21(38)34-12-13-35-27(32)33/h3-8,10,15-16,23H,9,11-14H2,1-2H3,(H,34,38)(H4,32,33,35). The van der Waals surface area contributed by atoms with Crippen molar-refractivity contribution in [3.8, 4) is 0 Å². The molecule has 2 unspecified atom stereocenters. The highest BCUT2D eigenvalue weighted by atomic mass is 19.4. The van der Waals surface area contributed by atoms with Gasteiger partial charge in [-0.1, -0.05) is 36.4 Å². The zero-order chi connectivity index (χ0) is 31.9. The van der Waals surface area contributed by atoms with Gasteiger partial charge < -0.3 is 30.9 Å². The van der Waals surface area contributed by atoms with Crippen molar-refractivity contribution in [1.82, 2.24) is 15.5 Å². The van der Waals surface area contributed by atoms with E-state index in [1.165, 1.54) is 24.9 Å². The van der Waals surface area contributed by atoms with Crippen LogP contribution in [0.15, 0.2) is 48.5 Å². The number of carbonyl (C=O) groups excluding carboxylic acids is 5. The molecule has 3 rings (SSSR count). The summed E-state index contributed by atoms with van der Waals surface area (Å²) in [6.45, 7) is 1.86. The highest BCUT2D eigenvalue weighted by Crippen LogP contribution is 2.36. The maximum atomic E-state index is 14.1. The van der Waals surface area contributed by atoms with Gasteiger partial charge >= 0.3 is 18.1 Å². The lowest BCUT2D eigenvalue weighted by molar-refractivity contribution is -0.202. The van der Waals surface area contributed by atoms with Gasteiger partial charge in [0.2, 0.25) is 5.91 Å². The molecular weight excluding hydrogens is 573 g/mol. The van der Waals surface area contributed by atoms with Crippen molar-refractivity contribution < 1.29 is 41.9 Å². The predicted octanol–water partition coefficient (Wildman–Crippen LogP) is 1.79. The lowest BCUT2D eigenvalue weighted by Gasteiger charge is -2.34. The minimum absolute atomic E-state index is 0.0631. The zero-order valence-corrected chi connectivity index (χ0v) is 23.4. The van der Waals surface area contributed by atoms with E-state index in [2.05, 4.69) is 15.4 Å². The van der Waals surface area contributed by atoms with Crippen LogP contribution < -0.4 is 21.3 Å². The van der Waals surface area contributed by atoms with Gasteiger partial charge in [-0.25, -0.2) is 4.79 Å². The van der Waals surface area contributed by atoms with Crippen molar-refractivity contribution in [3.63, 3.8) is 0 Å². The van der Waals surface area contributed by atoms with Crippen LogP contribution in [0.25, 0.3) is 0 Å². The second kappa shape index (κ2) is 13.8. The second-order valence-electron chi connectivity index (χ2n) is 9.78. The maximum absolute atomic E-state index is 14.1. The summed E-state index contributed by atoms with van der Waals surface area (Å²) in [5, 5.41) is 12.3. The molecule has 2 atom stereocenters. The number of nitrogens with one attached hydrogen (secondary N) is 3. The average Bonchev–Trinajstić information content (AvgIpc) is 3.02. The number of hydrogen-bond acceptors (Lipinski definition) is 7. The van der Waals surface area contributed by atoms with E-state index >= 15 is 0 Å². The fourth-order valence-corrected chi connectivity index (χ4v) is 4.56. The molecule has 2 aromatic carbocycles. The van der Waals surface area contributed by atoms with Crippen molar-refractivity contribution in [2.45, 2.75) is 44.4 Å². The lowest BCUT2D eigenvalue weighted by Crippen LogP contribution is -2.46. The number of halogens is 3. The molecule has 0 bridgehead atoms. The normalized spacial score (nSPS) is 15.7. The van der Waals surface area contributed by atoms with Crippen LogP contribution in [0.4, 0.5) is 18.9 Å². The molecule has 15 heteroatoms. The number of guanidine groups is 1. The van der Waals surface area contributed by atoms with Gasteiger partial charge in [0, 0.05) is 32.6 Å². The minimum atomic E-state index is -5.39. The Kier molecular flexibility index (Phi) is 10.5. The molecule has 0 saturated heterocycles. The number of rotatable bonds is 10. The van der Waals surface area contributed by atoms with E-state index in [0.717, 1.165) is 4.90 Å². The van der Waals surface area contributed by atoms with Crippen LogP contribution in [0.1, 0.15) is 47.3 Å². The van der Waals surface area contributed by atoms with E-state index in [1.807, 2.05) is 0 Å². The summed E-state index contributed by atoms with van der Waals surface area (Å²) in [6.07, 6.45) is -5.90. The predicted molar refractivity (Wildman–Crippen MR) is 148 cm³/mol. The second-order valence-corrected chi connectivity index (χ2v) is 9.78. The number of aryl methyl sites for hydroxylation is 1. The number of alkyl halides is 3. The van der Waals surface area contributed by atoms with Gasteiger partial charge in [-0.15, -0.1) is 0 Å². The Morgan fingerprint density at radius 2 is 1.72 bits per heavy atom. The molecule has 0 aliphatic carbocycles. The van der Waals surface area contributed by atoms with Gasteiger partial charge in [0.05, 0.1) is 17.7 Å². The van der Waals surface area contributed by atoms with E-state index in [-0.39, 0.29) is 49.0 Å². The van der Waals surface area contributed by atoms with Crippen LogP contribution >= 0.6 is 0 Å². The van der Waals surface area contributed by atoms with Crippen molar-refractivity contribution in [1.29, 1.82) is 5.41 Å². The number of benzene rings is 2.